The summed E-state index contributed by atoms with van der Waals surface area (Å²) >= 11 is 1.72. The summed E-state index contributed by atoms with van der Waals surface area (Å²) in [4.78, 5) is 20.7. The molecular weight excluding hydrogens is 436 g/mol. The lowest BCUT2D eigenvalue weighted by atomic mass is 9.91. The van der Waals surface area contributed by atoms with Gasteiger partial charge in [-0.1, -0.05) is 89.7 Å². The van der Waals surface area contributed by atoms with E-state index in [1.807, 2.05) is 0 Å². The number of aliphatic hydroxyl groups is 1. The van der Waals surface area contributed by atoms with Crippen molar-refractivity contribution in [1.82, 2.24) is 0 Å². The van der Waals surface area contributed by atoms with E-state index in [0.717, 1.165) is 31.4 Å². The van der Waals surface area contributed by atoms with Crippen molar-refractivity contribution in [2.24, 2.45) is 0 Å². The number of esters is 1. The van der Waals surface area contributed by atoms with Gasteiger partial charge in [0.15, 0.2) is 0 Å². The number of aliphatic hydroxyl groups excluding tert-OH is 1. The second-order valence-corrected chi connectivity index (χ2v) is 10.2. The third-order valence-electron chi connectivity index (χ3n) is 6.03. The lowest BCUT2D eigenvalue weighted by Gasteiger charge is -2.30. The van der Waals surface area contributed by atoms with Gasteiger partial charge in [-0.3, -0.25) is 9.59 Å². The van der Waals surface area contributed by atoms with Crippen LogP contribution in [0, 0.1) is 0 Å². The van der Waals surface area contributed by atoms with E-state index in [9.17, 15) is 14.7 Å². The van der Waals surface area contributed by atoms with Crippen molar-refractivity contribution in [1.29, 1.82) is 0 Å². The zero-order valence-corrected chi connectivity index (χ0v) is 22.3. The van der Waals surface area contributed by atoms with Gasteiger partial charge in [-0.05, 0) is 32.1 Å². The van der Waals surface area contributed by atoms with Gasteiger partial charge in [-0.2, -0.15) is 11.8 Å². The largest absolute Gasteiger partial charge is 0.481 e. The van der Waals surface area contributed by atoms with Gasteiger partial charge in [0, 0.05) is 12.2 Å². The van der Waals surface area contributed by atoms with Crippen LogP contribution in [-0.4, -0.2) is 46.4 Å². The van der Waals surface area contributed by atoms with Gasteiger partial charge >= 0.3 is 11.9 Å². The first-order valence-corrected chi connectivity index (χ1v) is 14.3. The number of hydrogen-bond acceptors (Lipinski definition) is 5. The first-order valence-electron chi connectivity index (χ1n) is 13.2. The van der Waals surface area contributed by atoms with Crippen LogP contribution in [0.2, 0.25) is 0 Å². The van der Waals surface area contributed by atoms with E-state index in [-0.39, 0.29) is 23.7 Å². The van der Waals surface area contributed by atoms with Gasteiger partial charge in [-0.25, -0.2) is 0 Å². The SMILES string of the molecule is CCC(=O)O.CCCCCCCCCCCCCC=C1CCCC(O)C1SCCC(=O)OC. The summed E-state index contributed by atoms with van der Waals surface area (Å²) in [6.07, 6.45) is 22.1. The number of carboxylic acids is 1. The molecule has 0 radical (unpaired) electrons. The third kappa shape index (κ3) is 19.0. The predicted molar refractivity (Wildman–Crippen MR) is 140 cm³/mol. The highest BCUT2D eigenvalue weighted by Gasteiger charge is 2.27. The molecule has 0 aromatic rings. The second kappa shape index (κ2) is 22.8. The molecule has 1 aliphatic carbocycles. The molecule has 0 spiro atoms. The Morgan fingerprint density at radius 3 is 2.06 bits per heavy atom. The molecule has 2 N–H and O–H groups in total. The Bertz CT molecular complexity index is 521. The molecule has 0 aromatic heterocycles. The number of allylic oxidation sites excluding steroid dienone is 1. The summed E-state index contributed by atoms with van der Waals surface area (Å²) in [7, 11) is 1.43. The fourth-order valence-corrected chi connectivity index (χ4v) is 5.28. The van der Waals surface area contributed by atoms with Gasteiger partial charge in [0.05, 0.1) is 24.9 Å². The molecule has 1 aliphatic rings. The molecule has 33 heavy (non-hydrogen) atoms. The minimum atomic E-state index is -0.745. The van der Waals surface area contributed by atoms with E-state index < -0.39 is 5.97 Å². The molecule has 0 saturated heterocycles. The molecule has 6 heteroatoms. The van der Waals surface area contributed by atoms with Crippen molar-refractivity contribution in [2.75, 3.05) is 12.9 Å². The van der Waals surface area contributed by atoms with Gasteiger partial charge in [0.25, 0.3) is 0 Å². The summed E-state index contributed by atoms with van der Waals surface area (Å²) < 4.78 is 4.71. The Morgan fingerprint density at radius 1 is 1.00 bits per heavy atom. The van der Waals surface area contributed by atoms with Crippen LogP contribution in [0.25, 0.3) is 0 Å². The van der Waals surface area contributed by atoms with Crippen molar-refractivity contribution in [3.8, 4) is 0 Å². The Morgan fingerprint density at radius 2 is 1.55 bits per heavy atom. The van der Waals surface area contributed by atoms with E-state index in [0.29, 0.717) is 6.42 Å². The van der Waals surface area contributed by atoms with Gasteiger partial charge < -0.3 is 14.9 Å². The summed E-state index contributed by atoms with van der Waals surface area (Å²) in [6, 6.07) is 0. The Kier molecular flexibility index (Phi) is 22.1. The van der Waals surface area contributed by atoms with Crippen LogP contribution >= 0.6 is 11.8 Å². The molecule has 2 atom stereocenters. The van der Waals surface area contributed by atoms with E-state index in [4.69, 9.17) is 9.84 Å². The summed E-state index contributed by atoms with van der Waals surface area (Å²) in [6.45, 7) is 3.87. The molecule has 0 bridgehead atoms. The van der Waals surface area contributed by atoms with Crippen LogP contribution in [0.15, 0.2) is 11.6 Å². The van der Waals surface area contributed by atoms with Crippen molar-refractivity contribution < 1.29 is 24.5 Å². The molecular formula is C27H50O5S. The maximum absolute atomic E-state index is 11.3. The van der Waals surface area contributed by atoms with Crippen molar-refractivity contribution >= 4 is 23.7 Å². The van der Waals surface area contributed by atoms with Gasteiger partial charge in [0.2, 0.25) is 0 Å². The van der Waals surface area contributed by atoms with E-state index in [2.05, 4.69) is 13.0 Å². The average molecular weight is 487 g/mol. The fraction of sp³-hybridized carbons (Fsp3) is 0.852. The first kappa shape index (κ1) is 32.0. The Balaban J connectivity index is 0.00000184. The number of aliphatic carboxylic acids is 1. The van der Waals surface area contributed by atoms with E-state index in [1.54, 1.807) is 18.7 Å². The summed E-state index contributed by atoms with van der Waals surface area (Å²) in [5, 5.41) is 18.3. The number of hydrogen-bond donors (Lipinski definition) is 2. The smallest absolute Gasteiger partial charge is 0.306 e. The number of unbranched alkanes of at least 4 members (excludes halogenated alkanes) is 11. The fourth-order valence-electron chi connectivity index (χ4n) is 3.96. The molecule has 1 rings (SSSR count). The van der Waals surface area contributed by atoms with E-state index in [1.165, 1.54) is 83.3 Å². The highest BCUT2D eigenvalue weighted by atomic mass is 32.2. The molecule has 1 fully saturated rings. The topological polar surface area (TPSA) is 83.8 Å². The summed E-state index contributed by atoms with van der Waals surface area (Å²) in [5.74, 6) is -0.182. The van der Waals surface area contributed by atoms with Crippen LogP contribution in [0.1, 0.15) is 123 Å². The van der Waals surface area contributed by atoms with Crippen LogP contribution in [0.3, 0.4) is 0 Å². The monoisotopic (exact) mass is 486 g/mol. The maximum Gasteiger partial charge on any atom is 0.306 e. The maximum atomic E-state index is 11.3. The number of thioether (sulfide) groups is 1. The minimum Gasteiger partial charge on any atom is -0.481 e. The standard InChI is InChI=1S/C24H44O3S.C3H6O2/c1-3-4-5-6-7-8-9-10-11-12-13-14-16-21-17-15-18-22(25)24(21)28-20-19-23(26)27-2;1-2-3(4)5/h16,22,24-25H,3-15,17-20H2,1-2H3;2H2,1H3,(H,4,5). The number of methoxy groups -OCH3 is 1. The number of ether oxygens (including phenoxy) is 1. The van der Waals surface area contributed by atoms with Gasteiger partial charge in [0.1, 0.15) is 0 Å². The minimum absolute atomic E-state index is 0.163. The predicted octanol–water partition coefficient (Wildman–Crippen LogP) is 7.30. The number of carboxylic acid groups (broad SMARTS) is 1. The molecule has 194 valence electrons. The van der Waals surface area contributed by atoms with Crippen molar-refractivity contribution in [3.63, 3.8) is 0 Å². The lowest BCUT2D eigenvalue weighted by molar-refractivity contribution is -0.140. The number of carbonyl (C=O) groups excluding carboxylic acids is 1. The quantitative estimate of drug-likeness (QED) is 0.127. The van der Waals surface area contributed by atoms with Crippen molar-refractivity contribution in [2.45, 2.75) is 134 Å². The number of rotatable bonds is 17. The van der Waals surface area contributed by atoms with Crippen LogP contribution < -0.4 is 0 Å². The number of carbonyl (C=O) groups is 2. The highest BCUT2D eigenvalue weighted by molar-refractivity contribution is 8.00. The van der Waals surface area contributed by atoms with Crippen molar-refractivity contribution in [3.05, 3.63) is 11.6 Å². The zero-order valence-electron chi connectivity index (χ0n) is 21.5. The average Bonchev–Trinajstić information content (AvgIpc) is 2.81. The second-order valence-electron chi connectivity index (χ2n) is 8.93. The molecule has 1 saturated carbocycles. The molecule has 0 amide bonds. The van der Waals surface area contributed by atoms with Crippen LogP contribution in [-0.2, 0) is 14.3 Å². The lowest BCUT2D eigenvalue weighted by Crippen LogP contribution is -2.29. The summed E-state index contributed by atoms with van der Waals surface area (Å²) in [5.41, 5.74) is 1.40. The molecule has 0 aromatic carbocycles. The normalized spacial score (nSPS) is 19.1. The first-order chi connectivity index (χ1) is 16.0. The molecule has 0 aliphatic heterocycles. The van der Waals surface area contributed by atoms with Gasteiger partial charge in [-0.15, -0.1) is 0 Å². The molecule has 5 nitrogen and oxygen atoms in total. The third-order valence-corrected chi connectivity index (χ3v) is 7.44. The Labute approximate surface area is 207 Å². The van der Waals surface area contributed by atoms with E-state index >= 15 is 0 Å². The Hall–Kier alpha value is -1.01. The zero-order chi connectivity index (χ0) is 24.7. The highest BCUT2D eigenvalue weighted by Crippen LogP contribution is 2.34. The molecule has 0 heterocycles. The molecule has 2 unspecified atom stereocenters. The van der Waals surface area contributed by atoms with Crippen LogP contribution in [0.5, 0.6) is 0 Å². The van der Waals surface area contributed by atoms with Crippen LogP contribution in [0.4, 0.5) is 0 Å².